The summed E-state index contributed by atoms with van der Waals surface area (Å²) in [6.45, 7) is 5.94. The van der Waals surface area contributed by atoms with E-state index < -0.39 is 0 Å². The second kappa shape index (κ2) is 10.8. The van der Waals surface area contributed by atoms with Crippen molar-refractivity contribution < 1.29 is 29.3 Å². The van der Waals surface area contributed by atoms with Crippen molar-refractivity contribution >= 4 is 11.9 Å². The Hall–Kier alpha value is -3.02. The molecule has 0 saturated carbocycles. The minimum absolute atomic E-state index is 0.124. The summed E-state index contributed by atoms with van der Waals surface area (Å²) in [5.74, 6) is -0.426. The first kappa shape index (κ1) is 21.0. The highest BCUT2D eigenvalue weighted by atomic mass is 16.5. The summed E-state index contributed by atoms with van der Waals surface area (Å²) >= 11 is 0. The van der Waals surface area contributed by atoms with Crippen LogP contribution in [0.2, 0.25) is 0 Å². The van der Waals surface area contributed by atoms with Crippen LogP contribution in [0.15, 0.2) is 48.5 Å². The van der Waals surface area contributed by atoms with Crippen LogP contribution in [0.5, 0.6) is 11.5 Å². The first-order valence-electron chi connectivity index (χ1n) is 8.29. The van der Waals surface area contributed by atoms with E-state index in [0.29, 0.717) is 17.7 Å². The molecule has 0 unspecified atom stereocenters. The molecule has 0 atom stereocenters. The highest BCUT2D eigenvalue weighted by Crippen LogP contribution is 2.11. The summed E-state index contributed by atoms with van der Waals surface area (Å²) in [7, 11) is 0. The molecule has 0 aliphatic rings. The van der Waals surface area contributed by atoms with Crippen molar-refractivity contribution in [1.29, 1.82) is 0 Å². The van der Waals surface area contributed by atoms with Gasteiger partial charge in [-0.3, -0.25) is 0 Å². The van der Waals surface area contributed by atoms with Gasteiger partial charge in [0.05, 0.1) is 23.8 Å². The van der Waals surface area contributed by atoms with E-state index >= 15 is 0 Å². The number of carbonyl (C=O) groups excluding carboxylic acids is 2. The molecule has 0 aliphatic heterocycles. The lowest BCUT2D eigenvalue weighted by Gasteiger charge is -2.07. The Balaban J connectivity index is 0.000000260. The van der Waals surface area contributed by atoms with Gasteiger partial charge in [0, 0.05) is 0 Å². The van der Waals surface area contributed by atoms with Crippen molar-refractivity contribution in [1.82, 2.24) is 0 Å². The molecule has 2 rings (SSSR count). The van der Waals surface area contributed by atoms with Gasteiger partial charge in [-0.15, -0.1) is 0 Å². The maximum Gasteiger partial charge on any atom is 0.338 e. The largest absolute Gasteiger partial charge is 0.508 e. The number of benzene rings is 2. The van der Waals surface area contributed by atoms with Gasteiger partial charge in [0.25, 0.3) is 0 Å². The zero-order valence-electron chi connectivity index (χ0n) is 15.1. The maximum absolute atomic E-state index is 11.3. The number of phenolic OH excluding ortho intramolecular Hbond substituents is 2. The van der Waals surface area contributed by atoms with Crippen LogP contribution in [0.25, 0.3) is 0 Å². The molecule has 2 N–H and O–H groups in total. The lowest BCUT2D eigenvalue weighted by atomic mass is 10.2. The SMILES string of the molecule is CC(C)OC(=O)c1ccc(O)cc1.CCCOC(=O)c1ccc(O)cc1. The first-order valence-corrected chi connectivity index (χ1v) is 8.29. The monoisotopic (exact) mass is 360 g/mol. The number of aromatic hydroxyl groups is 2. The van der Waals surface area contributed by atoms with E-state index in [-0.39, 0.29) is 29.5 Å². The Morgan fingerprint density at radius 3 is 1.65 bits per heavy atom. The third kappa shape index (κ3) is 7.70. The van der Waals surface area contributed by atoms with Gasteiger partial charge in [0.2, 0.25) is 0 Å². The van der Waals surface area contributed by atoms with E-state index in [4.69, 9.17) is 19.7 Å². The van der Waals surface area contributed by atoms with Gasteiger partial charge >= 0.3 is 11.9 Å². The Labute approximate surface area is 153 Å². The second-order valence-corrected chi connectivity index (χ2v) is 5.68. The molecular weight excluding hydrogens is 336 g/mol. The van der Waals surface area contributed by atoms with Crippen LogP contribution in [-0.2, 0) is 9.47 Å². The van der Waals surface area contributed by atoms with Gasteiger partial charge in [-0.2, -0.15) is 0 Å². The molecule has 0 radical (unpaired) electrons. The van der Waals surface area contributed by atoms with Crippen LogP contribution >= 0.6 is 0 Å². The molecule has 0 aliphatic carbocycles. The average molecular weight is 360 g/mol. The van der Waals surface area contributed by atoms with Gasteiger partial charge in [-0.25, -0.2) is 9.59 Å². The third-order valence-corrected chi connectivity index (χ3v) is 2.99. The topological polar surface area (TPSA) is 93.1 Å². The van der Waals surface area contributed by atoms with Gasteiger partial charge in [-0.05, 0) is 68.8 Å². The van der Waals surface area contributed by atoms with E-state index in [9.17, 15) is 9.59 Å². The van der Waals surface area contributed by atoms with Crippen LogP contribution in [0.3, 0.4) is 0 Å². The van der Waals surface area contributed by atoms with Crippen molar-refractivity contribution in [2.75, 3.05) is 6.61 Å². The smallest absolute Gasteiger partial charge is 0.338 e. The summed E-state index contributed by atoms with van der Waals surface area (Å²) in [6, 6.07) is 12.0. The average Bonchev–Trinajstić information content (AvgIpc) is 2.61. The fourth-order valence-electron chi connectivity index (χ4n) is 1.76. The molecule has 0 fully saturated rings. The Bertz CT molecular complexity index is 689. The molecule has 0 heterocycles. The highest BCUT2D eigenvalue weighted by Gasteiger charge is 2.08. The van der Waals surface area contributed by atoms with Gasteiger partial charge in [0.15, 0.2) is 0 Å². The third-order valence-electron chi connectivity index (χ3n) is 2.99. The lowest BCUT2D eigenvalue weighted by molar-refractivity contribution is 0.0377. The Kier molecular flexibility index (Phi) is 8.70. The Morgan fingerprint density at radius 1 is 0.846 bits per heavy atom. The number of hydrogen-bond acceptors (Lipinski definition) is 6. The van der Waals surface area contributed by atoms with Crippen molar-refractivity contribution in [3.63, 3.8) is 0 Å². The predicted molar refractivity (Wildman–Crippen MR) is 97.3 cm³/mol. The zero-order chi connectivity index (χ0) is 19.5. The Morgan fingerprint density at radius 2 is 1.27 bits per heavy atom. The normalized spacial score (nSPS) is 9.85. The molecule has 0 spiro atoms. The molecule has 0 amide bonds. The van der Waals surface area contributed by atoms with Crippen LogP contribution in [0.1, 0.15) is 47.9 Å². The molecule has 26 heavy (non-hydrogen) atoms. The fraction of sp³-hybridized carbons (Fsp3) is 0.300. The summed E-state index contributed by atoms with van der Waals surface area (Å²) < 4.78 is 9.85. The second-order valence-electron chi connectivity index (χ2n) is 5.68. The standard InChI is InChI=1S/2C10H12O3/c1-7(2)13-10(12)8-3-5-9(11)6-4-8;1-2-7-13-10(12)8-3-5-9(11)6-4-8/h3-7,11H,1-2H3;3-6,11H,2,7H2,1H3. The lowest BCUT2D eigenvalue weighted by Crippen LogP contribution is -2.11. The summed E-state index contributed by atoms with van der Waals surface area (Å²) in [6.07, 6.45) is 0.686. The van der Waals surface area contributed by atoms with E-state index in [1.54, 1.807) is 13.8 Å². The van der Waals surface area contributed by atoms with Crippen LogP contribution < -0.4 is 0 Å². The summed E-state index contributed by atoms with van der Waals surface area (Å²) in [5.41, 5.74) is 0.915. The highest BCUT2D eigenvalue weighted by molar-refractivity contribution is 5.90. The van der Waals surface area contributed by atoms with Crippen LogP contribution in [-0.4, -0.2) is 34.9 Å². The number of esters is 2. The molecular formula is C20H24O6. The minimum atomic E-state index is -0.366. The molecule has 2 aromatic carbocycles. The quantitative estimate of drug-likeness (QED) is 0.785. The molecule has 6 heteroatoms. The number of carbonyl (C=O) groups is 2. The number of phenols is 2. The molecule has 0 bridgehead atoms. The molecule has 0 aromatic heterocycles. The van der Waals surface area contributed by atoms with E-state index in [2.05, 4.69) is 0 Å². The van der Waals surface area contributed by atoms with Gasteiger partial charge in [0.1, 0.15) is 11.5 Å². The summed E-state index contributed by atoms with van der Waals surface area (Å²) in [5, 5.41) is 17.9. The maximum atomic E-state index is 11.3. The number of rotatable bonds is 5. The molecule has 6 nitrogen and oxygen atoms in total. The van der Waals surface area contributed by atoms with E-state index in [1.807, 2.05) is 6.92 Å². The summed E-state index contributed by atoms with van der Waals surface area (Å²) in [4.78, 5) is 22.5. The van der Waals surface area contributed by atoms with Gasteiger partial charge in [-0.1, -0.05) is 6.92 Å². The van der Waals surface area contributed by atoms with Crippen molar-refractivity contribution in [2.45, 2.75) is 33.3 Å². The molecule has 0 saturated heterocycles. The van der Waals surface area contributed by atoms with Crippen molar-refractivity contribution in [3.8, 4) is 11.5 Å². The number of ether oxygens (including phenoxy) is 2. The number of hydrogen-bond donors (Lipinski definition) is 2. The van der Waals surface area contributed by atoms with E-state index in [1.165, 1.54) is 48.5 Å². The molecule has 2 aromatic rings. The van der Waals surface area contributed by atoms with Crippen molar-refractivity contribution in [3.05, 3.63) is 59.7 Å². The fourth-order valence-corrected chi connectivity index (χ4v) is 1.76. The minimum Gasteiger partial charge on any atom is -0.508 e. The predicted octanol–water partition coefficient (Wildman–Crippen LogP) is 3.92. The van der Waals surface area contributed by atoms with Gasteiger partial charge < -0.3 is 19.7 Å². The van der Waals surface area contributed by atoms with Crippen LogP contribution in [0, 0.1) is 0 Å². The van der Waals surface area contributed by atoms with Crippen molar-refractivity contribution in [2.24, 2.45) is 0 Å². The molecule has 140 valence electrons. The van der Waals surface area contributed by atoms with Crippen LogP contribution in [0.4, 0.5) is 0 Å². The first-order chi connectivity index (χ1) is 12.3. The zero-order valence-corrected chi connectivity index (χ0v) is 15.1. The van der Waals surface area contributed by atoms with E-state index in [0.717, 1.165) is 6.42 Å².